The third kappa shape index (κ3) is 4.75. The van der Waals surface area contributed by atoms with Gasteiger partial charge in [0, 0.05) is 0 Å². The molecule has 0 aliphatic heterocycles. The smallest absolute Gasteiger partial charge is 0.0112 e. The molecule has 0 spiro atoms. The first-order valence-corrected chi connectivity index (χ1v) is 9.37. The van der Waals surface area contributed by atoms with E-state index in [1.807, 2.05) is 36.4 Å². The second-order valence-corrected chi connectivity index (χ2v) is 6.31. The summed E-state index contributed by atoms with van der Waals surface area (Å²) in [5, 5.41) is 0. The van der Waals surface area contributed by atoms with Crippen molar-refractivity contribution >= 4 is 12.2 Å². The summed E-state index contributed by atoms with van der Waals surface area (Å²) in [6, 6.07) is 37.3. The lowest BCUT2D eigenvalue weighted by Gasteiger charge is -2.04. The molecule has 0 aliphatic rings. The van der Waals surface area contributed by atoms with Crippen molar-refractivity contribution in [3.63, 3.8) is 0 Å². The van der Waals surface area contributed by atoms with Gasteiger partial charge in [-0.05, 0) is 33.4 Å². The Morgan fingerprint density at radius 2 is 0.714 bits per heavy atom. The van der Waals surface area contributed by atoms with Gasteiger partial charge in [-0.1, -0.05) is 135 Å². The predicted octanol–water partition coefficient (Wildman–Crippen LogP) is 7.99. The highest BCUT2D eigenvalue weighted by Crippen LogP contribution is 2.24. The zero-order valence-corrected chi connectivity index (χ0v) is 16.0. The van der Waals surface area contributed by atoms with Crippen molar-refractivity contribution < 1.29 is 0 Å². The van der Waals surface area contributed by atoms with Crippen LogP contribution in [-0.4, -0.2) is 0 Å². The van der Waals surface area contributed by atoms with Crippen molar-refractivity contribution in [3.8, 4) is 22.3 Å². The lowest BCUT2D eigenvalue weighted by Crippen LogP contribution is -1.81. The molecule has 4 aromatic carbocycles. The molecule has 0 amide bonds. The molecule has 0 unspecified atom stereocenters. The molecular formula is C28H24. The average Bonchev–Trinajstić information content (AvgIpc) is 2.80. The van der Waals surface area contributed by atoms with Gasteiger partial charge in [-0.3, -0.25) is 0 Å². The van der Waals surface area contributed by atoms with E-state index in [-0.39, 0.29) is 0 Å². The number of hydrogen-bond acceptors (Lipinski definition) is 0. The van der Waals surface area contributed by atoms with Crippen LogP contribution in [0, 0.1) is 0 Å². The number of benzene rings is 4. The Hall–Kier alpha value is -3.64. The summed E-state index contributed by atoms with van der Waals surface area (Å²) in [5.41, 5.74) is 7.31. The van der Waals surface area contributed by atoms with E-state index < -0.39 is 0 Å². The zero-order chi connectivity index (χ0) is 19.6. The molecule has 4 rings (SSSR count). The molecule has 0 saturated heterocycles. The zero-order valence-electron chi connectivity index (χ0n) is 16.0. The highest BCUT2D eigenvalue weighted by Gasteiger charge is 2.00. The van der Waals surface area contributed by atoms with Crippen molar-refractivity contribution in [1.82, 2.24) is 0 Å². The van der Waals surface area contributed by atoms with Gasteiger partial charge in [0.15, 0.2) is 0 Å². The fourth-order valence-corrected chi connectivity index (χ4v) is 3.11. The minimum absolute atomic E-state index is 1.18. The van der Waals surface area contributed by atoms with Crippen LogP contribution in [0.4, 0.5) is 0 Å². The number of rotatable bonds is 4. The molecule has 4 aromatic rings. The maximum Gasteiger partial charge on any atom is -0.0112 e. The Morgan fingerprint density at radius 1 is 0.393 bits per heavy atom. The summed E-state index contributed by atoms with van der Waals surface area (Å²) in [4.78, 5) is 0. The molecule has 136 valence electrons. The van der Waals surface area contributed by atoms with Gasteiger partial charge in [-0.15, -0.1) is 0 Å². The van der Waals surface area contributed by atoms with Crippen LogP contribution in [0.15, 0.2) is 122 Å². The van der Waals surface area contributed by atoms with E-state index in [2.05, 4.69) is 98.1 Å². The van der Waals surface area contributed by atoms with Crippen molar-refractivity contribution in [2.45, 2.75) is 0 Å². The first kappa shape index (κ1) is 19.1. The second-order valence-electron chi connectivity index (χ2n) is 6.31. The summed E-state index contributed by atoms with van der Waals surface area (Å²) >= 11 is 0. The van der Waals surface area contributed by atoms with Gasteiger partial charge in [0.25, 0.3) is 0 Å². The van der Waals surface area contributed by atoms with Gasteiger partial charge in [-0.25, -0.2) is 0 Å². The molecule has 0 heteroatoms. The standard InChI is InChI=1S/2C14H12/c2*1-2-12-8-6-7-11-14(12)13-9-4-3-5-10-13/h2*2-11H,1H2. The summed E-state index contributed by atoms with van der Waals surface area (Å²) in [5.74, 6) is 0. The molecule has 28 heavy (non-hydrogen) atoms. The van der Waals surface area contributed by atoms with Gasteiger partial charge < -0.3 is 0 Å². The SMILES string of the molecule is C=Cc1ccccc1-c1ccccc1.C=Cc1ccccc1-c1ccccc1. The maximum atomic E-state index is 3.82. The third-order valence-electron chi connectivity index (χ3n) is 4.53. The van der Waals surface area contributed by atoms with Gasteiger partial charge in [0.05, 0.1) is 0 Å². The normalized spacial score (nSPS) is 9.71. The fourth-order valence-electron chi connectivity index (χ4n) is 3.11. The largest absolute Gasteiger partial charge is 0.0984 e. The molecular weight excluding hydrogens is 336 g/mol. The molecule has 0 fully saturated rings. The van der Waals surface area contributed by atoms with Crippen LogP contribution in [0.3, 0.4) is 0 Å². The monoisotopic (exact) mass is 360 g/mol. The lowest BCUT2D eigenvalue weighted by molar-refractivity contribution is 1.59. The van der Waals surface area contributed by atoms with Crippen LogP contribution in [-0.2, 0) is 0 Å². The minimum Gasteiger partial charge on any atom is -0.0984 e. The van der Waals surface area contributed by atoms with E-state index in [0.29, 0.717) is 0 Å². The van der Waals surface area contributed by atoms with E-state index >= 15 is 0 Å². The van der Waals surface area contributed by atoms with Gasteiger partial charge in [0.2, 0.25) is 0 Å². The van der Waals surface area contributed by atoms with E-state index in [4.69, 9.17) is 0 Å². The molecule has 0 radical (unpaired) electrons. The van der Waals surface area contributed by atoms with Gasteiger partial charge >= 0.3 is 0 Å². The Labute approximate surface area is 168 Å². The summed E-state index contributed by atoms with van der Waals surface area (Å²) in [6.45, 7) is 7.63. The second kappa shape index (κ2) is 9.89. The van der Waals surface area contributed by atoms with Gasteiger partial charge in [0.1, 0.15) is 0 Å². The van der Waals surface area contributed by atoms with E-state index in [1.165, 1.54) is 33.4 Å². The minimum atomic E-state index is 1.18. The Balaban J connectivity index is 0.000000161. The van der Waals surface area contributed by atoms with Crippen molar-refractivity contribution in [2.75, 3.05) is 0 Å². The van der Waals surface area contributed by atoms with Crippen LogP contribution >= 0.6 is 0 Å². The van der Waals surface area contributed by atoms with Crippen molar-refractivity contribution in [2.24, 2.45) is 0 Å². The summed E-state index contributed by atoms with van der Waals surface area (Å²) < 4.78 is 0. The molecule has 0 aromatic heterocycles. The predicted molar refractivity (Wildman–Crippen MR) is 124 cm³/mol. The van der Waals surface area contributed by atoms with Gasteiger partial charge in [-0.2, -0.15) is 0 Å². The molecule has 0 nitrogen and oxygen atoms in total. The van der Waals surface area contributed by atoms with Crippen LogP contribution in [0.25, 0.3) is 34.4 Å². The quantitative estimate of drug-likeness (QED) is 0.346. The summed E-state index contributed by atoms with van der Waals surface area (Å²) in [7, 11) is 0. The molecule has 0 aliphatic carbocycles. The van der Waals surface area contributed by atoms with Crippen molar-refractivity contribution in [1.29, 1.82) is 0 Å². The Bertz CT molecular complexity index is 941. The Kier molecular flexibility index (Phi) is 6.76. The average molecular weight is 361 g/mol. The van der Waals surface area contributed by atoms with Crippen molar-refractivity contribution in [3.05, 3.63) is 133 Å². The highest BCUT2D eigenvalue weighted by atomic mass is 14.0. The van der Waals surface area contributed by atoms with Crippen LogP contribution < -0.4 is 0 Å². The van der Waals surface area contributed by atoms with E-state index in [9.17, 15) is 0 Å². The topological polar surface area (TPSA) is 0 Å². The molecule has 0 heterocycles. The highest BCUT2D eigenvalue weighted by molar-refractivity contribution is 5.75. The maximum absolute atomic E-state index is 3.82. The third-order valence-corrected chi connectivity index (χ3v) is 4.53. The summed E-state index contributed by atoms with van der Waals surface area (Å²) in [6.07, 6.45) is 3.78. The fraction of sp³-hybridized carbons (Fsp3) is 0. The Morgan fingerprint density at radius 3 is 1.07 bits per heavy atom. The molecule has 0 atom stereocenters. The molecule has 0 N–H and O–H groups in total. The van der Waals surface area contributed by atoms with Crippen LogP contribution in [0.2, 0.25) is 0 Å². The van der Waals surface area contributed by atoms with Crippen LogP contribution in [0.1, 0.15) is 11.1 Å². The van der Waals surface area contributed by atoms with Crippen LogP contribution in [0.5, 0.6) is 0 Å². The van der Waals surface area contributed by atoms with E-state index in [1.54, 1.807) is 0 Å². The van der Waals surface area contributed by atoms with E-state index in [0.717, 1.165) is 0 Å². The first-order chi connectivity index (χ1) is 13.8. The first-order valence-electron chi connectivity index (χ1n) is 9.37. The number of hydrogen-bond donors (Lipinski definition) is 0. The molecule has 0 saturated carbocycles. The lowest BCUT2D eigenvalue weighted by atomic mass is 10.00. The molecule has 0 bridgehead atoms.